The summed E-state index contributed by atoms with van der Waals surface area (Å²) in [7, 11) is 0. The number of hydrogen-bond donors (Lipinski definition) is 2. The highest BCUT2D eigenvalue weighted by atomic mass is 32.1. The Labute approximate surface area is 134 Å². The van der Waals surface area contributed by atoms with E-state index >= 15 is 0 Å². The van der Waals surface area contributed by atoms with Crippen molar-refractivity contribution in [1.82, 2.24) is 9.97 Å². The van der Waals surface area contributed by atoms with Gasteiger partial charge >= 0.3 is 0 Å². The Morgan fingerprint density at radius 2 is 2.00 bits per heavy atom. The van der Waals surface area contributed by atoms with Gasteiger partial charge in [0.1, 0.15) is 11.5 Å². The molecule has 22 heavy (non-hydrogen) atoms. The molecule has 6 heteroatoms. The fourth-order valence-corrected chi connectivity index (χ4v) is 2.05. The zero-order chi connectivity index (χ0) is 16.1. The lowest BCUT2D eigenvalue weighted by molar-refractivity contribution is -0.111. The molecule has 0 saturated heterocycles. The van der Waals surface area contributed by atoms with Crippen molar-refractivity contribution in [2.45, 2.75) is 13.8 Å². The van der Waals surface area contributed by atoms with Crippen LogP contribution in [0.2, 0.25) is 0 Å². The highest BCUT2D eigenvalue weighted by molar-refractivity contribution is 7.79. The van der Waals surface area contributed by atoms with Crippen LogP contribution in [0.5, 0.6) is 0 Å². The Morgan fingerprint density at radius 3 is 2.59 bits per heavy atom. The lowest BCUT2D eigenvalue weighted by Gasteiger charge is -2.12. The quantitative estimate of drug-likeness (QED) is 0.633. The van der Waals surface area contributed by atoms with Crippen LogP contribution in [0, 0.1) is 12.3 Å². The maximum absolute atomic E-state index is 11.6. The zero-order valence-electron chi connectivity index (χ0n) is 12.4. The van der Waals surface area contributed by atoms with Crippen molar-refractivity contribution in [3.8, 4) is 11.1 Å². The molecule has 2 rings (SSSR count). The number of aromatic nitrogens is 2. The summed E-state index contributed by atoms with van der Waals surface area (Å²) in [6, 6.07) is 5.53. The average molecular weight is 312 g/mol. The number of carbonyl (C=O) groups is 1. The molecule has 0 fully saturated rings. The van der Waals surface area contributed by atoms with Crippen LogP contribution in [0.1, 0.15) is 18.3 Å². The molecule has 5 nitrogen and oxygen atoms in total. The number of ketones is 1. The predicted octanol–water partition coefficient (Wildman–Crippen LogP) is 2.82. The fraction of sp³-hybridized carbons (Fsp3) is 0.188. The van der Waals surface area contributed by atoms with E-state index in [1.165, 1.54) is 6.92 Å². The molecule has 0 aliphatic heterocycles. The summed E-state index contributed by atoms with van der Waals surface area (Å²) in [6.45, 7) is 3.69. The second kappa shape index (κ2) is 7.00. The van der Waals surface area contributed by atoms with Crippen molar-refractivity contribution in [1.29, 1.82) is 5.41 Å². The molecular weight excluding hydrogens is 296 g/mol. The maximum Gasteiger partial charge on any atom is 0.178 e. The molecule has 1 aromatic heterocycles. The van der Waals surface area contributed by atoms with Crippen molar-refractivity contribution in [2.24, 2.45) is 0 Å². The smallest absolute Gasteiger partial charge is 0.178 e. The summed E-state index contributed by atoms with van der Waals surface area (Å²) in [5.41, 5.74) is 2.90. The van der Waals surface area contributed by atoms with Gasteiger partial charge in [0, 0.05) is 42.7 Å². The number of hydrogen-bond acceptors (Lipinski definition) is 6. The van der Waals surface area contributed by atoms with Gasteiger partial charge < -0.3 is 5.32 Å². The van der Waals surface area contributed by atoms with Crippen LogP contribution in [0.4, 0.5) is 5.69 Å². The van der Waals surface area contributed by atoms with Gasteiger partial charge in [-0.1, -0.05) is 18.3 Å². The van der Waals surface area contributed by atoms with Gasteiger partial charge in [0.05, 0.1) is 0 Å². The summed E-state index contributed by atoms with van der Waals surface area (Å²) < 4.78 is 0. The molecule has 0 aliphatic rings. The van der Waals surface area contributed by atoms with Gasteiger partial charge in [-0.15, -0.1) is 0 Å². The number of anilines is 1. The third-order valence-corrected chi connectivity index (χ3v) is 3.30. The number of benzene rings is 1. The SMILES string of the molecule is CC(=O)C(=N)c1cc(-c2cnc(C)nc2)ccc1NCC=S. The molecule has 0 unspecified atom stereocenters. The van der Waals surface area contributed by atoms with E-state index in [0.717, 1.165) is 11.1 Å². The molecule has 1 heterocycles. The van der Waals surface area contributed by atoms with E-state index in [1.807, 2.05) is 19.1 Å². The summed E-state index contributed by atoms with van der Waals surface area (Å²) in [5.74, 6) is 0.405. The minimum Gasteiger partial charge on any atom is -0.380 e. The van der Waals surface area contributed by atoms with E-state index in [9.17, 15) is 4.79 Å². The summed E-state index contributed by atoms with van der Waals surface area (Å²) in [4.78, 5) is 19.9. The third-order valence-electron chi connectivity index (χ3n) is 3.13. The van der Waals surface area contributed by atoms with Gasteiger partial charge in [0.25, 0.3) is 0 Å². The predicted molar refractivity (Wildman–Crippen MR) is 91.9 cm³/mol. The molecule has 112 valence electrons. The maximum atomic E-state index is 11.6. The molecule has 0 aliphatic carbocycles. The summed E-state index contributed by atoms with van der Waals surface area (Å²) >= 11 is 4.80. The average Bonchev–Trinajstić information content (AvgIpc) is 2.52. The first kappa shape index (κ1) is 15.9. The molecule has 2 aromatic rings. The van der Waals surface area contributed by atoms with Crippen molar-refractivity contribution in [3.05, 3.63) is 42.0 Å². The number of rotatable bonds is 6. The van der Waals surface area contributed by atoms with E-state index in [4.69, 9.17) is 17.6 Å². The lowest BCUT2D eigenvalue weighted by Crippen LogP contribution is -2.14. The molecule has 0 bridgehead atoms. The highest BCUT2D eigenvalue weighted by Gasteiger charge is 2.13. The van der Waals surface area contributed by atoms with Crippen molar-refractivity contribution < 1.29 is 4.79 Å². The minimum atomic E-state index is -0.289. The van der Waals surface area contributed by atoms with Gasteiger partial charge in [-0.05, 0) is 30.0 Å². The van der Waals surface area contributed by atoms with Crippen LogP contribution >= 0.6 is 12.2 Å². The topological polar surface area (TPSA) is 78.7 Å². The molecule has 0 amide bonds. The minimum absolute atomic E-state index is 0.0400. The first-order chi connectivity index (χ1) is 10.5. The zero-order valence-corrected chi connectivity index (χ0v) is 13.2. The molecular formula is C16H16N4OS. The molecule has 0 atom stereocenters. The van der Waals surface area contributed by atoms with Crippen LogP contribution in [-0.4, -0.2) is 33.4 Å². The Kier molecular flexibility index (Phi) is 5.06. The molecule has 2 N–H and O–H groups in total. The Morgan fingerprint density at radius 1 is 1.32 bits per heavy atom. The van der Waals surface area contributed by atoms with E-state index in [0.29, 0.717) is 23.6 Å². The first-order valence-electron chi connectivity index (χ1n) is 6.73. The normalized spacial score (nSPS) is 10.1. The second-order valence-electron chi connectivity index (χ2n) is 4.76. The van der Waals surface area contributed by atoms with Gasteiger partial charge in [-0.2, -0.15) is 0 Å². The first-order valence-corrected chi connectivity index (χ1v) is 7.20. The van der Waals surface area contributed by atoms with E-state index < -0.39 is 0 Å². The molecule has 0 saturated carbocycles. The molecule has 1 aromatic carbocycles. The fourth-order valence-electron chi connectivity index (χ4n) is 1.97. The van der Waals surface area contributed by atoms with E-state index in [1.54, 1.807) is 23.8 Å². The largest absolute Gasteiger partial charge is 0.380 e. The Balaban J connectivity index is 2.48. The number of Topliss-reactive ketones (excluding diaryl/α,β-unsaturated/α-hetero) is 1. The van der Waals surface area contributed by atoms with Crippen molar-refractivity contribution in [2.75, 3.05) is 11.9 Å². The van der Waals surface area contributed by atoms with Gasteiger partial charge in [0.15, 0.2) is 5.78 Å². The van der Waals surface area contributed by atoms with Crippen molar-refractivity contribution >= 4 is 34.8 Å². The Bertz CT molecular complexity index is 725. The van der Waals surface area contributed by atoms with Gasteiger partial charge in [0.2, 0.25) is 0 Å². The molecule has 0 spiro atoms. The standard InChI is InChI=1S/C16H16N4OS/c1-10(21)16(17)14-7-12(3-4-15(14)18-5-6-22)13-8-19-11(2)20-9-13/h3-4,6-9,17-18H,5H2,1-2H3. The highest BCUT2D eigenvalue weighted by Crippen LogP contribution is 2.25. The third kappa shape index (κ3) is 3.59. The number of carbonyl (C=O) groups excluding carboxylic acids is 1. The monoisotopic (exact) mass is 312 g/mol. The van der Waals surface area contributed by atoms with Crippen LogP contribution in [0.15, 0.2) is 30.6 Å². The molecule has 0 radical (unpaired) electrons. The van der Waals surface area contributed by atoms with Crippen LogP contribution in [-0.2, 0) is 4.79 Å². The van der Waals surface area contributed by atoms with Gasteiger partial charge in [-0.3, -0.25) is 10.2 Å². The van der Waals surface area contributed by atoms with Crippen LogP contribution in [0.25, 0.3) is 11.1 Å². The van der Waals surface area contributed by atoms with Crippen LogP contribution in [0.3, 0.4) is 0 Å². The van der Waals surface area contributed by atoms with Crippen LogP contribution < -0.4 is 5.32 Å². The number of thiocarbonyl (C=S) groups is 1. The lowest BCUT2D eigenvalue weighted by atomic mass is 9.99. The van der Waals surface area contributed by atoms with E-state index in [2.05, 4.69) is 15.3 Å². The number of nitrogens with one attached hydrogen (secondary N) is 2. The van der Waals surface area contributed by atoms with Gasteiger partial charge in [-0.25, -0.2) is 9.97 Å². The number of aryl methyl sites for hydroxylation is 1. The van der Waals surface area contributed by atoms with Crippen molar-refractivity contribution in [3.63, 3.8) is 0 Å². The second-order valence-corrected chi connectivity index (χ2v) is 5.09. The number of nitrogens with zero attached hydrogens (tertiary/aromatic N) is 2. The Hall–Kier alpha value is -2.47. The van der Waals surface area contributed by atoms with E-state index in [-0.39, 0.29) is 11.5 Å². The summed E-state index contributed by atoms with van der Waals surface area (Å²) in [5, 5.41) is 12.7. The summed E-state index contributed by atoms with van der Waals surface area (Å²) in [6.07, 6.45) is 3.45.